The number of rotatable bonds is 7. The van der Waals surface area contributed by atoms with Gasteiger partial charge >= 0.3 is 0 Å². The van der Waals surface area contributed by atoms with Crippen molar-refractivity contribution >= 4 is 33.0 Å². The minimum Gasteiger partial charge on any atom is -0.271 e. The fourth-order valence-electron chi connectivity index (χ4n) is 2.78. The fraction of sp³-hybridized carbons (Fsp3) is 0.263. The Bertz CT molecular complexity index is 1060. The molecule has 154 valence electrons. The molecular formula is C19H22N4O5S. The number of benzene rings is 2. The van der Waals surface area contributed by atoms with Crippen LogP contribution in [0.1, 0.15) is 23.6 Å². The van der Waals surface area contributed by atoms with E-state index in [2.05, 4.69) is 10.5 Å². The Morgan fingerprint density at radius 2 is 1.76 bits per heavy atom. The van der Waals surface area contributed by atoms with E-state index < -0.39 is 27.4 Å². The van der Waals surface area contributed by atoms with Crippen LogP contribution in [-0.2, 0) is 14.8 Å². The zero-order valence-corrected chi connectivity index (χ0v) is 17.4. The first kappa shape index (κ1) is 22.0. The number of non-ortho nitro benzene ring substituents is 1. The molecule has 0 saturated carbocycles. The highest BCUT2D eigenvalue weighted by Gasteiger charge is 2.23. The Kier molecular flexibility index (Phi) is 6.70. The predicted molar refractivity (Wildman–Crippen MR) is 112 cm³/mol. The predicted octanol–water partition coefficient (Wildman–Crippen LogP) is 2.52. The van der Waals surface area contributed by atoms with Gasteiger partial charge in [-0.15, -0.1) is 0 Å². The van der Waals surface area contributed by atoms with Gasteiger partial charge in [-0.05, 0) is 31.9 Å². The molecule has 0 saturated heterocycles. The first-order valence-corrected chi connectivity index (χ1v) is 10.5. The van der Waals surface area contributed by atoms with Crippen LogP contribution < -0.4 is 9.73 Å². The van der Waals surface area contributed by atoms with Gasteiger partial charge in [0.05, 0.1) is 22.6 Å². The van der Waals surface area contributed by atoms with Gasteiger partial charge in [0.15, 0.2) is 0 Å². The molecular weight excluding hydrogens is 396 g/mol. The number of anilines is 1. The SMILES string of the molecule is C/C(=N\NC(=O)CN(c1c(C)cccc1C)S(C)(=O)=O)c1cccc([N+](=O)[O-])c1. The number of sulfonamides is 1. The molecule has 0 aliphatic heterocycles. The molecule has 1 N–H and O–H groups in total. The standard InChI is InChI=1S/C19H22N4O5S/c1-13-7-5-8-14(2)19(13)22(29(4,27)28)12-18(24)21-20-15(3)16-9-6-10-17(11-16)23(25)26/h5-11H,12H2,1-4H3,(H,21,24)/b20-15+. The van der Waals surface area contributed by atoms with Crippen molar-refractivity contribution in [3.05, 3.63) is 69.3 Å². The molecule has 0 aliphatic rings. The van der Waals surface area contributed by atoms with Crippen LogP contribution in [-0.4, -0.2) is 37.8 Å². The molecule has 2 aromatic carbocycles. The van der Waals surface area contributed by atoms with Crippen LogP contribution >= 0.6 is 0 Å². The molecule has 29 heavy (non-hydrogen) atoms. The summed E-state index contributed by atoms with van der Waals surface area (Å²) in [7, 11) is -3.71. The van der Waals surface area contributed by atoms with Gasteiger partial charge in [-0.1, -0.05) is 30.3 Å². The number of hydrogen-bond acceptors (Lipinski definition) is 6. The highest BCUT2D eigenvalue weighted by Crippen LogP contribution is 2.26. The normalized spacial score (nSPS) is 11.8. The van der Waals surface area contributed by atoms with Crippen LogP contribution in [0.25, 0.3) is 0 Å². The van der Waals surface area contributed by atoms with E-state index >= 15 is 0 Å². The quantitative estimate of drug-likeness (QED) is 0.421. The van der Waals surface area contributed by atoms with E-state index in [0.29, 0.717) is 17.0 Å². The summed E-state index contributed by atoms with van der Waals surface area (Å²) in [5.41, 5.74) is 4.92. The molecule has 2 aromatic rings. The molecule has 0 aromatic heterocycles. The first-order valence-electron chi connectivity index (χ1n) is 8.62. The van der Waals surface area contributed by atoms with Gasteiger partial charge in [0, 0.05) is 17.7 Å². The summed E-state index contributed by atoms with van der Waals surface area (Å²) in [4.78, 5) is 22.7. The number of nitrogens with one attached hydrogen (secondary N) is 1. The Balaban J connectivity index is 2.22. The lowest BCUT2D eigenvalue weighted by molar-refractivity contribution is -0.384. The highest BCUT2D eigenvalue weighted by atomic mass is 32.2. The first-order chi connectivity index (χ1) is 13.5. The van der Waals surface area contributed by atoms with Gasteiger partial charge in [0.2, 0.25) is 10.0 Å². The van der Waals surface area contributed by atoms with Gasteiger partial charge in [-0.3, -0.25) is 19.2 Å². The van der Waals surface area contributed by atoms with Gasteiger partial charge in [-0.2, -0.15) is 5.10 Å². The molecule has 2 rings (SSSR count). The van der Waals surface area contributed by atoms with Crippen molar-refractivity contribution in [1.82, 2.24) is 5.43 Å². The molecule has 0 atom stereocenters. The van der Waals surface area contributed by atoms with Crippen molar-refractivity contribution in [2.45, 2.75) is 20.8 Å². The summed E-state index contributed by atoms with van der Waals surface area (Å²) in [6.07, 6.45) is 1.03. The lowest BCUT2D eigenvalue weighted by atomic mass is 10.1. The lowest BCUT2D eigenvalue weighted by Crippen LogP contribution is -2.40. The van der Waals surface area contributed by atoms with Crippen LogP contribution in [0.2, 0.25) is 0 Å². The monoisotopic (exact) mass is 418 g/mol. The summed E-state index contributed by atoms with van der Waals surface area (Å²) in [5, 5.41) is 14.8. The number of hydrazone groups is 1. The van der Waals surface area contributed by atoms with E-state index in [1.165, 1.54) is 18.2 Å². The fourth-order valence-corrected chi connectivity index (χ4v) is 3.75. The van der Waals surface area contributed by atoms with Crippen LogP contribution in [0.3, 0.4) is 0 Å². The van der Waals surface area contributed by atoms with Gasteiger partial charge in [0.25, 0.3) is 11.6 Å². The molecule has 0 spiro atoms. The molecule has 0 fully saturated rings. The maximum atomic E-state index is 12.4. The summed E-state index contributed by atoms with van der Waals surface area (Å²) in [6, 6.07) is 11.2. The Morgan fingerprint density at radius 1 is 1.17 bits per heavy atom. The molecule has 0 radical (unpaired) electrons. The topological polar surface area (TPSA) is 122 Å². The third kappa shape index (κ3) is 5.61. The molecule has 0 unspecified atom stereocenters. The third-order valence-corrected chi connectivity index (χ3v) is 5.31. The van der Waals surface area contributed by atoms with Crippen molar-refractivity contribution in [3.8, 4) is 0 Å². The van der Waals surface area contributed by atoms with Gasteiger partial charge in [-0.25, -0.2) is 13.8 Å². The number of nitro benzene ring substituents is 1. The van der Waals surface area contributed by atoms with E-state index in [0.717, 1.165) is 21.7 Å². The van der Waals surface area contributed by atoms with E-state index in [1.807, 2.05) is 0 Å². The zero-order chi connectivity index (χ0) is 21.8. The van der Waals surface area contributed by atoms with Gasteiger partial charge < -0.3 is 0 Å². The maximum absolute atomic E-state index is 12.4. The molecule has 9 nitrogen and oxygen atoms in total. The van der Waals surface area contributed by atoms with E-state index in [4.69, 9.17) is 0 Å². The highest BCUT2D eigenvalue weighted by molar-refractivity contribution is 7.92. The maximum Gasteiger partial charge on any atom is 0.270 e. The molecule has 10 heteroatoms. The van der Waals surface area contributed by atoms with Crippen molar-refractivity contribution in [3.63, 3.8) is 0 Å². The second kappa shape index (κ2) is 8.82. The van der Waals surface area contributed by atoms with Crippen molar-refractivity contribution in [1.29, 1.82) is 0 Å². The number of nitro groups is 1. The summed E-state index contributed by atoms with van der Waals surface area (Å²) >= 11 is 0. The molecule has 1 amide bonds. The number of aryl methyl sites for hydroxylation is 2. The number of nitrogens with zero attached hydrogens (tertiary/aromatic N) is 3. The molecule has 0 heterocycles. The number of hydrogen-bond donors (Lipinski definition) is 1. The van der Waals surface area contributed by atoms with Crippen LogP contribution in [0.4, 0.5) is 11.4 Å². The minimum atomic E-state index is -3.71. The molecule has 0 bridgehead atoms. The number of carbonyl (C=O) groups excluding carboxylic acids is 1. The van der Waals surface area contributed by atoms with Gasteiger partial charge in [0.1, 0.15) is 6.54 Å². The van der Waals surface area contributed by atoms with Crippen LogP contribution in [0.15, 0.2) is 47.6 Å². The zero-order valence-electron chi connectivity index (χ0n) is 16.5. The molecule has 0 aliphatic carbocycles. The van der Waals surface area contributed by atoms with Crippen molar-refractivity contribution in [2.24, 2.45) is 5.10 Å². The van der Waals surface area contributed by atoms with E-state index in [9.17, 15) is 23.3 Å². The second-order valence-electron chi connectivity index (χ2n) is 6.55. The lowest BCUT2D eigenvalue weighted by Gasteiger charge is -2.25. The average molecular weight is 418 g/mol. The summed E-state index contributed by atoms with van der Waals surface area (Å²) < 4.78 is 25.6. The Labute approximate surface area is 169 Å². The smallest absolute Gasteiger partial charge is 0.270 e. The summed E-state index contributed by atoms with van der Waals surface area (Å²) in [6.45, 7) is 4.67. The second-order valence-corrected chi connectivity index (χ2v) is 8.46. The number of carbonyl (C=O) groups is 1. The third-order valence-electron chi connectivity index (χ3n) is 4.20. The number of amides is 1. The Morgan fingerprint density at radius 3 is 2.31 bits per heavy atom. The Hall–Kier alpha value is -3.27. The number of para-hydroxylation sites is 1. The van der Waals surface area contributed by atoms with Crippen molar-refractivity contribution in [2.75, 3.05) is 17.1 Å². The van der Waals surface area contributed by atoms with Crippen molar-refractivity contribution < 1.29 is 18.1 Å². The van der Waals surface area contributed by atoms with E-state index in [-0.39, 0.29) is 5.69 Å². The van der Waals surface area contributed by atoms with Crippen LogP contribution in [0, 0.1) is 24.0 Å². The summed E-state index contributed by atoms with van der Waals surface area (Å²) in [5.74, 6) is -0.636. The minimum absolute atomic E-state index is 0.0957. The average Bonchev–Trinajstić information content (AvgIpc) is 2.64. The van der Waals surface area contributed by atoms with E-state index in [1.54, 1.807) is 45.0 Å². The largest absolute Gasteiger partial charge is 0.271 e. The van der Waals surface area contributed by atoms with Crippen LogP contribution in [0.5, 0.6) is 0 Å².